The molecule has 0 radical (unpaired) electrons. The van der Waals surface area contributed by atoms with Crippen LogP contribution in [-0.2, 0) is 11.2 Å². The summed E-state index contributed by atoms with van der Waals surface area (Å²) >= 11 is 0. The first-order chi connectivity index (χ1) is 12.8. The van der Waals surface area contributed by atoms with Crippen molar-refractivity contribution < 1.29 is 20.1 Å². The summed E-state index contributed by atoms with van der Waals surface area (Å²) < 4.78 is 0. The van der Waals surface area contributed by atoms with Crippen LogP contribution in [0.2, 0.25) is 0 Å². The number of benzene rings is 1. The smallest absolute Gasteiger partial charge is 0.303 e. The monoisotopic (exact) mass is 372 g/mol. The van der Waals surface area contributed by atoms with Crippen molar-refractivity contribution in [3.63, 3.8) is 0 Å². The second-order valence-electron chi connectivity index (χ2n) is 9.43. The van der Waals surface area contributed by atoms with Gasteiger partial charge in [-0.2, -0.15) is 0 Å². The molecule has 0 spiro atoms. The Hall–Kier alpha value is -1.55. The van der Waals surface area contributed by atoms with E-state index in [0.29, 0.717) is 29.9 Å². The van der Waals surface area contributed by atoms with E-state index in [9.17, 15) is 15.0 Å². The fourth-order valence-electron chi connectivity index (χ4n) is 6.78. The first kappa shape index (κ1) is 18.8. The molecule has 0 bridgehead atoms. The largest absolute Gasteiger partial charge is 0.508 e. The second kappa shape index (κ2) is 6.80. The zero-order chi connectivity index (χ0) is 19.2. The van der Waals surface area contributed by atoms with Crippen molar-refractivity contribution >= 4 is 5.97 Å². The number of aromatic hydroxyl groups is 1. The van der Waals surface area contributed by atoms with Crippen LogP contribution in [0, 0.1) is 17.3 Å². The van der Waals surface area contributed by atoms with E-state index < -0.39 is 11.6 Å². The maximum Gasteiger partial charge on any atom is 0.303 e. The van der Waals surface area contributed by atoms with E-state index in [1.807, 2.05) is 12.1 Å². The Morgan fingerprint density at radius 2 is 2.00 bits per heavy atom. The normalized spacial score (nSPS) is 37.3. The van der Waals surface area contributed by atoms with Gasteiger partial charge in [0.2, 0.25) is 0 Å². The van der Waals surface area contributed by atoms with Crippen molar-refractivity contribution in [2.24, 2.45) is 17.3 Å². The molecule has 27 heavy (non-hydrogen) atoms. The third kappa shape index (κ3) is 3.06. The molecule has 2 saturated carbocycles. The van der Waals surface area contributed by atoms with Gasteiger partial charge >= 0.3 is 5.97 Å². The molecule has 0 saturated heterocycles. The van der Waals surface area contributed by atoms with E-state index in [1.54, 1.807) is 0 Å². The fraction of sp³-hybridized carbons (Fsp3) is 0.696. The molecule has 3 aliphatic rings. The van der Waals surface area contributed by atoms with Gasteiger partial charge in [-0.05, 0) is 104 Å². The zero-order valence-electron chi connectivity index (χ0n) is 16.3. The Morgan fingerprint density at radius 1 is 1.19 bits per heavy atom. The van der Waals surface area contributed by atoms with Gasteiger partial charge in [-0.3, -0.25) is 4.79 Å². The van der Waals surface area contributed by atoms with E-state index in [4.69, 9.17) is 5.11 Å². The molecule has 4 rings (SSSR count). The Bertz CT molecular complexity index is 729. The first-order valence-corrected chi connectivity index (χ1v) is 10.6. The van der Waals surface area contributed by atoms with Crippen LogP contribution >= 0.6 is 0 Å². The molecule has 0 aliphatic heterocycles. The van der Waals surface area contributed by atoms with E-state index >= 15 is 0 Å². The van der Waals surface area contributed by atoms with E-state index in [0.717, 1.165) is 51.4 Å². The Balaban J connectivity index is 1.51. The van der Waals surface area contributed by atoms with Crippen molar-refractivity contribution in [1.29, 1.82) is 0 Å². The number of unbranched alkanes of at least 4 members (excludes halogenated alkanes) is 1. The predicted octanol–water partition coefficient (Wildman–Crippen LogP) is 4.62. The minimum absolute atomic E-state index is 0.0498. The number of fused-ring (bicyclic) bond motifs is 5. The van der Waals surface area contributed by atoms with Gasteiger partial charge < -0.3 is 15.3 Å². The minimum Gasteiger partial charge on any atom is -0.508 e. The van der Waals surface area contributed by atoms with Crippen LogP contribution in [0.15, 0.2) is 18.2 Å². The molecule has 1 unspecified atom stereocenters. The van der Waals surface area contributed by atoms with Crippen LogP contribution in [0.3, 0.4) is 0 Å². The van der Waals surface area contributed by atoms with Crippen molar-refractivity contribution in [3.8, 4) is 5.75 Å². The second-order valence-corrected chi connectivity index (χ2v) is 9.43. The predicted molar refractivity (Wildman–Crippen MR) is 104 cm³/mol. The van der Waals surface area contributed by atoms with E-state index in [2.05, 4.69) is 13.0 Å². The topological polar surface area (TPSA) is 77.8 Å². The highest BCUT2D eigenvalue weighted by atomic mass is 16.4. The molecule has 1 aromatic rings. The number of carboxylic acid groups (broad SMARTS) is 1. The fourth-order valence-corrected chi connectivity index (χ4v) is 6.78. The van der Waals surface area contributed by atoms with E-state index in [-0.39, 0.29) is 11.8 Å². The van der Waals surface area contributed by atoms with Crippen LogP contribution < -0.4 is 0 Å². The molecule has 148 valence electrons. The van der Waals surface area contributed by atoms with Gasteiger partial charge in [0.15, 0.2) is 0 Å². The quantitative estimate of drug-likeness (QED) is 0.659. The summed E-state index contributed by atoms with van der Waals surface area (Å²) in [6.45, 7) is 2.30. The number of hydrogen-bond acceptors (Lipinski definition) is 3. The molecule has 4 heteroatoms. The van der Waals surface area contributed by atoms with Gasteiger partial charge in [-0.1, -0.05) is 13.0 Å². The number of rotatable bonds is 5. The number of carboxylic acids is 1. The van der Waals surface area contributed by atoms with Gasteiger partial charge in [0.1, 0.15) is 5.75 Å². The highest BCUT2D eigenvalue weighted by molar-refractivity contribution is 5.66. The Morgan fingerprint density at radius 3 is 2.78 bits per heavy atom. The number of phenolic OH excluding ortho intramolecular Hbond substituents is 1. The zero-order valence-corrected chi connectivity index (χ0v) is 16.3. The van der Waals surface area contributed by atoms with Gasteiger partial charge in [0, 0.05) is 6.42 Å². The molecule has 1 aromatic carbocycles. The average Bonchev–Trinajstić information content (AvgIpc) is 2.90. The van der Waals surface area contributed by atoms with Crippen molar-refractivity contribution in [2.45, 2.75) is 82.7 Å². The minimum atomic E-state index is -0.745. The third-order valence-corrected chi connectivity index (χ3v) is 8.26. The molecule has 3 N–H and O–H groups in total. The summed E-state index contributed by atoms with van der Waals surface area (Å²) in [5.74, 6) is 1.34. The van der Waals surface area contributed by atoms with Gasteiger partial charge in [0.05, 0.1) is 5.60 Å². The van der Waals surface area contributed by atoms with Crippen LogP contribution in [0.25, 0.3) is 0 Å². The molecular weight excluding hydrogens is 340 g/mol. The summed E-state index contributed by atoms with van der Waals surface area (Å²) in [5.41, 5.74) is 2.03. The molecule has 4 nitrogen and oxygen atoms in total. The lowest BCUT2D eigenvalue weighted by molar-refractivity contribution is -0.137. The Kier molecular flexibility index (Phi) is 4.74. The molecule has 2 fully saturated rings. The number of aliphatic hydroxyl groups is 1. The number of aryl methyl sites for hydroxylation is 1. The molecule has 0 amide bonds. The third-order valence-electron chi connectivity index (χ3n) is 8.26. The standard InChI is InChI=1S/C23H32O4/c1-22-12-9-18-17-8-6-16(24)14-15(17)5-7-19(18)20(22)10-13-23(22,27)11-3-2-4-21(25)26/h6,8,14,18-20,24,27H,2-5,7,9-13H2,1H3,(H,25,26)/t18-,19-,20+,22+,23?/m1/s1. The van der Waals surface area contributed by atoms with Gasteiger partial charge in [-0.25, -0.2) is 0 Å². The highest BCUT2D eigenvalue weighted by Gasteiger charge is 2.60. The first-order valence-electron chi connectivity index (χ1n) is 10.6. The Labute approximate surface area is 161 Å². The lowest BCUT2D eigenvalue weighted by atomic mass is 9.53. The van der Waals surface area contributed by atoms with Crippen LogP contribution in [0.4, 0.5) is 0 Å². The summed E-state index contributed by atoms with van der Waals surface area (Å²) in [4.78, 5) is 10.8. The molecule has 5 atom stereocenters. The van der Waals surface area contributed by atoms with Gasteiger partial charge in [-0.15, -0.1) is 0 Å². The summed E-state index contributed by atoms with van der Waals surface area (Å²) in [5, 5.41) is 30.2. The molecule has 0 aromatic heterocycles. The number of carbonyl (C=O) groups is 1. The maximum atomic E-state index is 11.6. The number of phenols is 1. The van der Waals surface area contributed by atoms with Crippen molar-refractivity contribution in [2.75, 3.05) is 0 Å². The summed E-state index contributed by atoms with van der Waals surface area (Å²) in [7, 11) is 0. The van der Waals surface area contributed by atoms with Crippen LogP contribution in [0.5, 0.6) is 5.75 Å². The van der Waals surface area contributed by atoms with Crippen molar-refractivity contribution in [3.05, 3.63) is 29.3 Å². The SMILES string of the molecule is C[C@]12CC[C@@H]3c4ccc(O)cc4CC[C@H]3[C@@H]1CCC2(O)CCCCC(=O)O. The highest BCUT2D eigenvalue weighted by Crippen LogP contribution is 2.65. The van der Waals surface area contributed by atoms with Gasteiger partial charge in [0.25, 0.3) is 0 Å². The van der Waals surface area contributed by atoms with Crippen molar-refractivity contribution in [1.82, 2.24) is 0 Å². The lowest BCUT2D eigenvalue weighted by Gasteiger charge is -2.53. The maximum absolute atomic E-state index is 11.6. The summed E-state index contributed by atoms with van der Waals surface area (Å²) in [6.07, 6.45) is 8.63. The molecular formula is C23H32O4. The molecule has 3 aliphatic carbocycles. The number of aliphatic carboxylic acids is 1. The van der Waals surface area contributed by atoms with Crippen LogP contribution in [0.1, 0.15) is 81.8 Å². The van der Waals surface area contributed by atoms with Crippen LogP contribution in [-0.4, -0.2) is 26.9 Å². The summed E-state index contributed by atoms with van der Waals surface area (Å²) in [6, 6.07) is 5.88. The number of hydrogen-bond donors (Lipinski definition) is 3. The average molecular weight is 373 g/mol. The molecule has 0 heterocycles. The lowest BCUT2D eigenvalue weighted by Crippen LogP contribution is -2.50. The van der Waals surface area contributed by atoms with E-state index in [1.165, 1.54) is 11.1 Å².